The van der Waals surface area contributed by atoms with Crippen molar-refractivity contribution in [3.63, 3.8) is 0 Å². The van der Waals surface area contributed by atoms with Crippen LogP contribution in [-0.4, -0.2) is 23.5 Å². The van der Waals surface area contributed by atoms with Gasteiger partial charge >= 0.3 is 5.97 Å². The van der Waals surface area contributed by atoms with Crippen LogP contribution in [0.5, 0.6) is 0 Å². The summed E-state index contributed by atoms with van der Waals surface area (Å²) in [6, 6.07) is 13.6. The smallest absolute Gasteiger partial charge is 0.340 e. The third-order valence-electron chi connectivity index (χ3n) is 5.10. The minimum Gasteiger partial charge on any atom is -0.452 e. The number of rotatable bonds is 6. The van der Waals surface area contributed by atoms with E-state index in [9.17, 15) is 9.59 Å². The Morgan fingerprint density at radius 3 is 2.48 bits per heavy atom. The van der Waals surface area contributed by atoms with Crippen molar-refractivity contribution in [1.82, 2.24) is 4.98 Å². The molecule has 1 heterocycles. The summed E-state index contributed by atoms with van der Waals surface area (Å²) in [5.41, 5.74) is 5.61. The predicted molar refractivity (Wildman–Crippen MR) is 115 cm³/mol. The van der Waals surface area contributed by atoms with Crippen LogP contribution in [0.1, 0.15) is 46.6 Å². The largest absolute Gasteiger partial charge is 0.452 e. The van der Waals surface area contributed by atoms with Gasteiger partial charge in [-0.2, -0.15) is 0 Å². The molecule has 150 valence electrons. The first-order valence-corrected chi connectivity index (χ1v) is 9.89. The highest BCUT2D eigenvalue weighted by molar-refractivity contribution is 6.00. The Morgan fingerprint density at radius 2 is 1.76 bits per heavy atom. The van der Waals surface area contributed by atoms with E-state index in [4.69, 9.17) is 4.74 Å². The Kier molecular flexibility index (Phi) is 6.27. The monoisotopic (exact) mass is 390 g/mol. The summed E-state index contributed by atoms with van der Waals surface area (Å²) in [6.45, 7) is 7.47. The lowest BCUT2D eigenvalue weighted by atomic mass is 10.0. The SMILES string of the molecule is CCc1cccc(C)c1NC(=O)COC(=O)c1c(CC)nc2ccccc2c1C. The number of hydrogen-bond acceptors (Lipinski definition) is 4. The fourth-order valence-corrected chi connectivity index (χ4v) is 3.55. The van der Waals surface area contributed by atoms with Crippen LogP contribution in [0.15, 0.2) is 42.5 Å². The Labute approximate surface area is 171 Å². The molecule has 1 amide bonds. The number of nitrogens with zero attached hydrogens (tertiary/aromatic N) is 1. The summed E-state index contributed by atoms with van der Waals surface area (Å²) in [5.74, 6) is -0.875. The van der Waals surface area contributed by atoms with E-state index >= 15 is 0 Å². The molecule has 5 nitrogen and oxygen atoms in total. The number of esters is 1. The van der Waals surface area contributed by atoms with Crippen molar-refractivity contribution in [1.29, 1.82) is 0 Å². The Bertz CT molecular complexity index is 1070. The van der Waals surface area contributed by atoms with Gasteiger partial charge in [0.1, 0.15) is 0 Å². The minimum atomic E-state index is -0.520. The third kappa shape index (κ3) is 4.29. The fourth-order valence-electron chi connectivity index (χ4n) is 3.55. The maximum Gasteiger partial charge on any atom is 0.340 e. The van der Waals surface area contributed by atoms with Crippen LogP contribution < -0.4 is 5.32 Å². The van der Waals surface area contributed by atoms with Gasteiger partial charge in [0.25, 0.3) is 5.91 Å². The van der Waals surface area contributed by atoms with Crippen LogP contribution >= 0.6 is 0 Å². The van der Waals surface area contributed by atoms with Gasteiger partial charge in [-0.15, -0.1) is 0 Å². The zero-order valence-electron chi connectivity index (χ0n) is 17.3. The fraction of sp³-hybridized carbons (Fsp3) is 0.292. The number of amides is 1. The molecule has 1 aromatic heterocycles. The van der Waals surface area contributed by atoms with Gasteiger partial charge in [0.05, 0.1) is 16.8 Å². The number of para-hydroxylation sites is 2. The van der Waals surface area contributed by atoms with Crippen molar-refractivity contribution in [2.45, 2.75) is 40.5 Å². The van der Waals surface area contributed by atoms with Gasteiger partial charge in [0.15, 0.2) is 6.61 Å². The van der Waals surface area contributed by atoms with Gasteiger partial charge in [0, 0.05) is 11.1 Å². The van der Waals surface area contributed by atoms with Crippen LogP contribution in [0, 0.1) is 13.8 Å². The third-order valence-corrected chi connectivity index (χ3v) is 5.10. The molecule has 2 aromatic carbocycles. The first-order chi connectivity index (χ1) is 14.0. The van der Waals surface area contributed by atoms with Crippen molar-refractivity contribution in [2.24, 2.45) is 0 Å². The standard InChI is InChI=1S/C24H26N2O3/c1-5-17-11-9-10-15(3)23(17)26-21(27)14-29-24(28)22-16(4)18-12-7-8-13-20(18)25-19(22)6-2/h7-13H,5-6,14H2,1-4H3,(H,26,27). The van der Waals surface area contributed by atoms with E-state index in [1.807, 2.05) is 70.2 Å². The van der Waals surface area contributed by atoms with Gasteiger partial charge in [-0.1, -0.05) is 50.2 Å². The summed E-state index contributed by atoms with van der Waals surface area (Å²) in [7, 11) is 0. The van der Waals surface area contributed by atoms with Crippen molar-refractivity contribution in [2.75, 3.05) is 11.9 Å². The molecule has 0 aliphatic carbocycles. The Balaban J connectivity index is 1.78. The van der Waals surface area contributed by atoms with Gasteiger partial charge < -0.3 is 10.1 Å². The maximum absolute atomic E-state index is 12.8. The molecular weight excluding hydrogens is 364 g/mol. The highest BCUT2D eigenvalue weighted by Gasteiger charge is 2.20. The van der Waals surface area contributed by atoms with E-state index in [2.05, 4.69) is 10.3 Å². The molecule has 0 atom stereocenters. The Hall–Kier alpha value is -3.21. The number of aromatic nitrogens is 1. The average Bonchev–Trinajstić information content (AvgIpc) is 2.73. The normalized spacial score (nSPS) is 10.8. The van der Waals surface area contributed by atoms with E-state index in [0.29, 0.717) is 17.7 Å². The van der Waals surface area contributed by atoms with Crippen molar-refractivity contribution < 1.29 is 14.3 Å². The lowest BCUT2D eigenvalue weighted by Crippen LogP contribution is -2.23. The van der Waals surface area contributed by atoms with Gasteiger partial charge in [0.2, 0.25) is 0 Å². The first-order valence-electron chi connectivity index (χ1n) is 9.89. The highest BCUT2D eigenvalue weighted by atomic mass is 16.5. The molecule has 0 saturated carbocycles. The zero-order chi connectivity index (χ0) is 21.0. The van der Waals surface area contributed by atoms with Crippen LogP contribution in [0.2, 0.25) is 0 Å². The molecule has 3 rings (SSSR count). The van der Waals surface area contributed by atoms with Crippen molar-refractivity contribution in [3.8, 4) is 0 Å². The summed E-state index contributed by atoms with van der Waals surface area (Å²) in [4.78, 5) is 29.8. The number of aryl methyl sites for hydroxylation is 4. The second-order valence-electron chi connectivity index (χ2n) is 7.02. The zero-order valence-corrected chi connectivity index (χ0v) is 17.3. The molecule has 0 saturated heterocycles. The van der Waals surface area contributed by atoms with Crippen LogP contribution in [0.25, 0.3) is 10.9 Å². The second kappa shape index (κ2) is 8.86. The van der Waals surface area contributed by atoms with Crippen molar-refractivity contribution >= 4 is 28.5 Å². The van der Waals surface area contributed by atoms with E-state index < -0.39 is 5.97 Å². The molecule has 5 heteroatoms. The molecule has 0 aliphatic rings. The molecular formula is C24H26N2O3. The predicted octanol–water partition coefficient (Wildman–Crippen LogP) is 4.77. The van der Waals surface area contributed by atoms with Crippen LogP contribution in [0.4, 0.5) is 5.69 Å². The van der Waals surface area contributed by atoms with Crippen LogP contribution in [0.3, 0.4) is 0 Å². The minimum absolute atomic E-state index is 0.342. The molecule has 0 unspecified atom stereocenters. The van der Waals surface area contributed by atoms with E-state index in [1.165, 1.54) is 0 Å². The number of carbonyl (C=O) groups excluding carboxylic acids is 2. The Morgan fingerprint density at radius 1 is 1.00 bits per heavy atom. The molecule has 3 aromatic rings. The molecule has 1 N–H and O–H groups in total. The number of anilines is 1. The van der Waals surface area contributed by atoms with Gasteiger partial charge in [-0.3, -0.25) is 9.78 Å². The summed E-state index contributed by atoms with van der Waals surface area (Å²) >= 11 is 0. The highest BCUT2D eigenvalue weighted by Crippen LogP contribution is 2.24. The van der Waals surface area contributed by atoms with Crippen molar-refractivity contribution in [3.05, 3.63) is 70.4 Å². The molecule has 0 radical (unpaired) electrons. The maximum atomic E-state index is 12.8. The lowest BCUT2D eigenvalue weighted by molar-refractivity contribution is -0.119. The number of hydrogen-bond donors (Lipinski definition) is 1. The lowest BCUT2D eigenvalue weighted by Gasteiger charge is -2.15. The molecule has 0 aliphatic heterocycles. The van der Waals surface area contributed by atoms with E-state index in [0.717, 1.165) is 39.7 Å². The molecule has 29 heavy (non-hydrogen) atoms. The number of nitrogens with one attached hydrogen (secondary N) is 1. The first kappa shape index (κ1) is 20.5. The molecule has 0 fully saturated rings. The molecule has 0 spiro atoms. The number of fused-ring (bicyclic) bond motifs is 1. The number of benzene rings is 2. The van der Waals surface area contributed by atoms with Gasteiger partial charge in [-0.05, 0) is 49.4 Å². The summed E-state index contributed by atoms with van der Waals surface area (Å²) in [6.07, 6.45) is 1.41. The quantitative estimate of drug-likeness (QED) is 0.616. The van der Waals surface area contributed by atoms with Crippen LogP contribution in [-0.2, 0) is 22.4 Å². The second-order valence-corrected chi connectivity index (χ2v) is 7.02. The topological polar surface area (TPSA) is 68.3 Å². The number of ether oxygens (including phenoxy) is 1. The molecule has 0 bridgehead atoms. The summed E-state index contributed by atoms with van der Waals surface area (Å²) in [5, 5.41) is 3.79. The number of pyridine rings is 1. The van der Waals surface area contributed by atoms with Gasteiger partial charge in [-0.25, -0.2) is 4.79 Å². The van der Waals surface area contributed by atoms with E-state index in [1.54, 1.807) is 0 Å². The average molecular weight is 390 g/mol. The number of carbonyl (C=O) groups is 2. The van der Waals surface area contributed by atoms with E-state index in [-0.39, 0.29) is 12.5 Å². The summed E-state index contributed by atoms with van der Waals surface area (Å²) < 4.78 is 5.36.